The fourth-order valence-electron chi connectivity index (χ4n) is 2.53. The quantitative estimate of drug-likeness (QED) is 0.730. The van der Waals surface area contributed by atoms with Gasteiger partial charge in [-0.25, -0.2) is 0 Å². The van der Waals surface area contributed by atoms with Crippen LogP contribution in [0.1, 0.15) is 32.6 Å². The van der Waals surface area contributed by atoms with Gasteiger partial charge in [-0.2, -0.15) is 0 Å². The molecular weight excluding hydrogens is 242 g/mol. The smallest absolute Gasteiger partial charge is 0.236 e. The molecule has 2 amide bonds. The van der Waals surface area contributed by atoms with E-state index >= 15 is 0 Å². The first-order chi connectivity index (χ1) is 9.20. The van der Waals surface area contributed by atoms with Gasteiger partial charge in [-0.1, -0.05) is 0 Å². The molecule has 0 aromatic carbocycles. The molecule has 0 aromatic heterocycles. The standard InChI is InChI=1S/C14H25N3O2/c1-2-16-14(19)12-5-7-17(8-6-12)13(18)10-15-9-11-3-4-11/h11-12,15H,2-10H2,1H3,(H,16,19). The average Bonchev–Trinajstić information content (AvgIpc) is 3.23. The molecular formula is C14H25N3O2. The van der Waals surface area contributed by atoms with Crippen LogP contribution < -0.4 is 10.6 Å². The molecule has 108 valence electrons. The maximum absolute atomic E-state index is 12.0. The minimum Gasteiger partial charge on any atom is -0.356 e. The lowest BCUT2D eigenvalue weighted by atomic mass is 9.96. The monoisotopic (exact) mass is 267 g/mol. The highest BCUT2D eigenvalue weighted by Gasteiger charge is 2.27. The number of carbonyl (C=O) groups is 2. The largest absolute Gasteiger partial charge is 0.356 e. The maximum Gasteiger partial charge on any atom is 0.236 e. The number of nitrogens with one attached hydrogen (secondary N) is 2. The Bertz CT molecular complexity index is 321. The van der Waals surface area contributed by atoms with Gasteiger partial charge in [-0.15, -0.1) is 0 Å². The van der Waals surface area contributed by atoms with Crippen LogP contribution in [0.2, 0.25) is 0 Å². The number of piperidine rings is 1. The van der Waals surface area contributed by atoms with Crippen molar-refractivity contribution < 1.29 is 9.59 Å². The van der Waals surface area contributed by atoms with Crippen molar-refractivity contribution in [3.8, 4) is 0 Å². The number of hydrogen-bond acceptors (Lipinski definition) is 3. The Morgan fingerprint density at radius 2 is 1.84 bits per heavy atom. The van der Waals surface area contributed by atoms with Gasteiger partial charge in [0.25, 0.3) is 0 Å². The van der Waals surface area contributed by atoms with Crippen LogP contribution in [-0.2, 0) is 9.59 Å². The van der Waals surface area contributed by atoms with Crippen LogP contribution in [0, 0.1) is 11.8 Å². The van der Waals surface area contributed by atoms with E-state index in [0.29, 0.717) is 26.2 Å². The van der Waals surface area contributed by atoms with Crippen molar-refractivity contribution >= 4 is 11.8 Å². The molecule has 2 fully saturated rings. The van der Waals surface area contributed by atoms with E-state index in [4.69, 9.17) is 0 Å². The zero-order valence-corrected chi connectivity index (χ0v) is 11.8. The summed E-state index contributed by atoms with van der Waals surface area (Å²) in [7, 11) is 0. The lowest BCUT2D eigenvalue weighted by molar-refractivity contribution is -0.134. The summed E-state index contributed by atoms with van der Waals surface area (Å²) in [5.41, 5.74) is 0. The minimum absolute atomic E-state index is 0.0865. The highest BCUT2D eigenvalue weighted by molar-refractivity contribution is 5.80. The second kappa shape index (κ2) is 6.89. The first-order valence-corrected chi connectivity index (χ1v) is 7.47. The van der Waals surface area contributed by atoms with E-state index in [-0.39, 0.29) is 17.7 Å². The third kappa shape index (κ3) is 4.49. The predicted molar refractivity (Wildman–Crippen MR) is 73.6 cm³/mol. The zero-order valence-electron chi connectivity index (χ0n) is 11.8. The molecule has 2 aliphatic rings. The van der Waals surface area contributed by atoms with Gasteiger partial charge in [0, 0.05) is 25.6 Å². The summed E-state index contributed by atoms with van der Waals surface area (Å²) < 4.78 is 0. The summed E-state index contributed by atoms with van der Waals surface area (Å²) in [5, 5.41) is 6.09. The molecule has 0 radical (unpaired) electrons. The summed E-state index contributed by atoms with van der Waals surface area (Å²) in [6.07, 6.45) is 4.19. The first kappa shape index (κ1) is 14.3. The molecule has 1 saturated carbocycles. The second-order valence-electron chi connectivity index (χ2n) is 5.62. The summed E-state index contributed by atoms with van der Waals surface area (Å²) >= 11 is 0. The lowest BCUT2D eigenvalue weighted by Gasteiger charge is -2.31. The van der Waals surface area contributed by atoms with E-state index in [2.05, 4.69) is 10.6 Å². The minimum atomic E-state index is 0.0865. The summed E-state index contributed by atoms with van der Waals surface area (Å²) in [6.45, 7) is 5.46. The van der Waals surface area contributed by atoms with Gasteiger partial charge in [-0.3, -0.25) is 9.59 Å². The molecule has 1 aliphatic heterocycles. The molecule has 19 heavy (non-hydrogen) atoms. The molecule has 0 aromatic rings. The number of amides is 2. The first-order valence-electron chi connectivity index (χ1n) is 7.47. The Balaban J connectivity index is 1.63. The van der Waals surface area contributed by atoms with Crippen LogP contribution >= 0.6 is 0 Å². The summed E-state index contributed by atoms with van der Waals surface area (Å²) in [4.78, 5) is 25.6. The number of likely N-dealkylation sites (tertiary alicyclic amines) is 1. The summed E-state index contributed by atoms with van der Waals surface area (Å²) in [6, 6.07) is 0. The number of carbonyl (C=O) groups excluding carboxylic acids is 2. The third-order valence-electron chi connectivity index (χ3n) is 3.98. The van der Waals surface area contributed by atoms with Gasteiger partial charge < -0.3 is 15.5 Å². The second-order valence-corrected chi connectivity index (χ2v) is 5.62. The molecule has 0 unspecified atom stereocenters. The van der Waals surface area contributed by atoms with Crippen LogP contribution in [0.15, 0.2) is 0 Å². The van der Waals surface area contributed by atoms with Gasteiger partial charge in [0.2, 0.25) is 11.8 Å². The Morgan fingerprint density at radius 1 is 1.16 bits per heavy atom. The van der Waals surface area contributed by atoms with Crippen molar-refractivity contribution in [2.75, 3.05) is 32.7 Å². The Morgan fingerprint density at radius 3 is 2.42 bits per heavy atom. The average molecular weight is 267 g/mol. The van der Waals surface area contributed by atoms with E-state index in [1.165, 1.54) is 12.8 Å². The lowest BCUT2D eigenvalue weighted by Crippen LogP contribution is -2.45. The van der Waals surface area contributed by atoms with Crippen molar-refractivity contribution in [3.05, 3.63) is 0 Å². The summed E-state index contributed by atoms with van der Waals surface area (Å²) in [5.74, 6) is 1.20. The molecule has 2 rings (SSSR count). The van der Waals surface area contributed by atoms with E-state index in [9.17, 15) is 9.59 Å². The number of hydrogen-bond donors (Lipinski definition) is 2. The van der Waals surface area contributed by atoms with E-state index < -0.39 is 0 Å². The topological polar surface area (TPSA) is 61.4 Å². The van der Waals surface area contributed by atoms with Crippen molar-refractivity contribution in [2.24, 2.45) is 11.8 Å². The van der Waals surface area contributed by atoms with Gasteiger partial charge >= 0.3 is 0 Å². The van der Waals surface area contributed by atoms with Crippen LogP contribution in [0.25, 0.3) is 0 Å². The molecule has 5 nitrogen and oxygen atoms in total. The Labute approximate surface area is 115 Å². The molecule has 5 heteroatoms. The van der Waals surface area contributed by atoms with Crippen LogP contribution in [0.3, 0.4) is 0 Å². The SMILES string of the molecule is CCNC(=O)C1CCN(C(=O)CNCC2CC2)CC1. The van der Waals surface area contributed by atoms with Crippen molar-refractivity contribution in [2.45, 2.75) is 32.6 Å². The van der Waals surface area contributed by atoms with Crippen LogP contribution in [-0.4, -0.2) is 49.4 Å². The van der Waals surface area contributed by atoms with Gasteiger partial charge in [-0.05, 0) is 45.1 Å². The number of rotatable bonds is 6. The Hall–Kier alpha value is -1.10. The molecule has 0 atom stereocenters. The van der Waals surface area contributed by atoms with Gasteiger partial charge in [0.05, 0.1) is 6.54 Å². The molecule has 2 N–H and O–H groups in total. The molecule has 0 spiro atoms. The van der Waals surface area contributed by atoms with E-state index in [1.807, 2.05) is 11.8 Å². The van der Waals surface area contributed by atoms with Gasteiger partial charge in [0.1, 0.15) is 0 Å². The Kier molecular flexibility index (Phi) is 5.19. The molecule has 1 aliphatic carbocycles. The predicted octanol–water partition coefficient (Wildman–Crippen LogP) is 0.361. The van der Waals surface area contributed by atoms with Crippen molar-refractivity contribution in [1.29, 1.82) is 0 Å². The van der Waals surface area contributed by atoms with E-state index in [0.717, 1.165) is 25.3 Å². The van der Waals surface area contributed by atoms with Crippen LogP contribution in [0.4, 0.5) is 0 Å². The van der Waals surface area contributed by atoms with Crippen molar-refractivity contribution in [3.63, 3.8) is 0 Å². The zero-order chi connectivity index (χ0) is 13.7. The molecule has 1 saturated heterocycles. The van der Waals surface area contributed by atoms with Crippen LogP contribution in [0.5, 0.6) is 0 Å². The van der Waals surface area contributed by atoms with Gasteiger partial charge in [0.15, 0.2) is 0 Å². The highest BCUT2D eigenvalue weighted by atomic mass is 16.2. The number of nitrogens with zero attached hydrogens (tertiary/aromatic N) is 1. The fraction of sp³-hybridized carbons (Fsp3) is 0.857. The highest BCUT2D eigenvalue weighted by Crippen LogP contribution is 2.27. The maximum atomic E-state index is 12.0. The van der Waals surface area contributed by atoms with Crippen molar-refractivity contribution in [1.82, 2.24) is 15.5 Å². The molecule has 0 bridgehead atoms. The fourth-order valence-corrected chi connectivity index (χ4v) is 2.53. The van der Waals surface area contributed by atoms with E-state index in [1.54, 1.807) is 0 Å². The normalized spacial score (nSPS) is 20.4. The molecule has 1 heterocycles. The third-order valence-corrected chi connectivity index (χ3v) is 3.98.